The molecule has 0 spiro atoms. The van der Waals surface area contributed by atoms with Crippen molar-refractivity contribution in [1.82, 2.24) is 0 Å². The van der Waals surface area contributed by atoms with Crippen molar-refractivity contribution in [2.45, 2.75) is 13.8 Å². The molecule has 1 rings (SSSR count). The van der Waals surface area contributed by atoms with E-state index in [9.17, 15) is 4.79 Å². The summed E-state index contributed by atoms with van der Waals surface area (Å²) in [7, 11) is 0. The fraction of sp³-hybridized carbons (Fsp3) is 0.154. The first-order chi connectivity index (χ1) is 7.04. The number of carbonyl (C=O) groups is 1. The molecule has 0 saturated heterocycles. The van der Waals surface area contributed by atoms with Crippen LogP contribution in [0.4, 0.5) is 0 Å². The molecule has 0 amide bonds. The van der Waals surface area contributed by atoms with Gasteiger partial charge in [0.25, 0.3) is 5.24 Å². The fourth-order valence-electron chi connectivity index (χ4n) is 1.30. The van der Waals surface area contributed by atoms with Crippen molar-refractivity contribution < 1.29 is 4.79 Å². The first-order valence-electron chi connectivity index (χ1n) is 4.68. The lowest BCUT2D eigenvalue weighted by atomic mass is 10.1. The van der Waals surface area contributed by atoms with Gasteiger partial charge in [-0.05, 0) is 42.0 Å². The van der Waals surface area contributed by atoms with Crippen LogP contribution in [0.3, 0.4) is 0 Å². The summed E-state index contributed by atoms with van der Waals surface area (Å²) in [6.45, 7) is 7.70. The van der Waals surface area contributed by atoms with Crippen LogP contribution in [-0.4, -0.2) is 5.24 Å². The predicted molar refractivity (Wildman–Crippen MR) is 65.0 cm³/mol. The molecule has 0 atom stereocenters. The molecular weight excluding hydrogens is 208 g/mol. The lowest BCUT2D eigenvalue weighted by molar-refractivity contribution is -0.108. The number of hydrogen-bond acceptors (Lipinski definition) is 1. The van der Waals surface area contributed by atoms with Crippen LogP contribution in [0, 0.1) is 6.92 Å². The largest absolute Gasteiger partial charge is 0.276 e. The third-order valence-corrected chi connectivity index (χ3v) is 2.37. The van der Waals surface area contributed by atoms with E-state index in [0.29, 0.717) is 5.57 Å². The van der Waals surface area contributed by atoms with Crippen molar-refractivity contribution in [3.8, 4) is 0 Å². The van der Waals surface area contributed by atoms with Gasteiger partial charge in [-0.2, -0.15) is 0 Å². The van der Waals surface area contributed by atoms with E-state index >= 15 is 0 Å². The van der Waals surface area contributed by atoms with Gasteiger partial charge in [-0.25, -0.2) is 0 Å². The molecule has 0 aliphatic carbocycles. The minimum absolute atomic E-state index is 0.447. The fourth-order valence-corrected chi connectivity index (χ4v) is 1.46. The smallest absolute Gasteiger partial charge is 0.252 e. The van der Waals surface area contributed by atoms with Crippen LogP contribution in [0.5, 0.6) is 0 Å². The van der Waals surface area contributed by atoms with E-state index in [4.69, 9.17) is 11.6 Å². The standard InChI is InChI=1S/C13H13ClO/c1-4-11(13(14)15)8-12-6-5-9(2)7-10(12)3/h4-8H,3H2,1-2H3/b11-4+,12-8-. The van der Waals surface area contributed by atoms with Crippen molar-refractivity contribution in [1.29, 1.82) is 0 Å². The zero-order chi connectivity index (χ0) is 11.4. The van der Waals surface area contributed by atoms with E-state index < -0.39 is 5.24 Å². The normalized spacial score (nSPS) is 13.0. The predicted octanol–water partition coefficient (Wildman–Crippen LogP) is 1.90. The molecule has 0 bridgehead atoms. The number of rotatable bonds is 2. The molecule has 0 fully saturated rings. The number of hydrogen-bond donors (Lipinski definition) is 0. The molecule has 0 heterocycles. The van der Waals surface area contributed by atoms with Gasteiger partial charge in [0, 0.05) is 5.57 Å². The van der Waals surface area contributed by atoms with Gasteiger partial charge in [-0.15, -0.1) is 0 Å². The van der Waals surface area contributed by atoms with E-state index in [1.54, 1.807) is 19.1 Å². The minimum atomic E-state index is -0.447. The summed E-state index contributed by atoms with van der Waals surface area (Å²) in [5, 5.41) is 1.37. The molecule has 1 aromatic rings. The first-order valence-corrected chi connectivity index (χ1v) is 5.06. The summed E-state index contributed by atoms with van der Waals surface area (Å²) < 4.78 is 0. The maximum Gasteiger partial charge on any atom is 0.252 e. The van der Waals surface area contributed by atoms with E-state index in [1.165, 1.54) is 0 Å². The minimum Gasteiger partial charge on any atom is -0.276 e. The second-order valence-electron chi connectivity index (χ2n) is 3.36. The average molecular weight is 221 g/mol. The Bertz CT molecular complexity index is 512. The summed E-state index contributed by atoms with van der Waals surface area (Å²) in [5.74, 6) is 0. The molecule has 0 saturated carbocycles. The van der Waals surface area contributed by atoms with Crippen LogP contribution in [0.1, 0.15) is 12.5 Å². The van der Waals surface area contributed by atoms with Gasteiger partial charge in [0.05, 0.1) is 0 Å². The molecular formula is C13H13ClO. The summed E-state index contributed by atoms with van der Waals surface area (Å²) in [6, 6.07) is 5.88. The third-order valence-electron chi connectivity index (χ3n) is 2.15. The van der Waals surface area contributed by atoms with E-state index in [0.717, 1.165) is 16.0 Å². The van der Waals surface area contributed by atoms with Gasteiger partial charge < -0.3 is 0 Å². The quantitative estimate of drug-likeness (QED) is 0.550. The van der Waals surface area contributed by atoms with Crippen LogP contribution < -0.4 is 10.4 Å². The van der Waals surface area contributed by atoms with Gasteiger partial charge in [-0.1, -0.05) is 36.4 Å². The van der Waals surface area contributed by atoms with E-state index in [-0.39, 0.29) is 0 Å². The lowest BCUT2D eigenvalue weighted by Gasteiger charge is -1.95. The summed E-state index contributed by atoms with van der Waals surface area (Å²) in [4.78, 5) is 11.0. The van der Waals surface area contributed by atoms with Crippen molar-refractivity contribution in [2.24, 2.45) is 0 Å². The molecule has 0 unspecified atom stereocenters. The molecule has 0 aromatic heterocycles. The lowest BCUT2D eigenvalue weighted by Crippen LogP contribution is -2.23. The Balaban J connectivity index is 3.34. The summed E-state index contributed by atoms with van der Waals surface area (Å²) >= 11 is 5.42. The molecule has 2 heteroatoms. The van der Waals surface area contributed by atoms with Gasteiger partial charge in [0.2, 0.25) is 0 Å². The Kier molecular flexibility index (Phi) is 3.87. The Labute approximate surface area is 94.4 Å². The molecule has 1 nitrogen and oxygen atoms in total. The molecule has 0 aliphatic heterocycles. The van der Waals surface area contributed by atoms with Gasteiger partial charge in [-0.3, -0.25) is 4.79 Å². The highest BCUT2D eigenvalue weighted by molar-refractivity contribution is 6.68. The van der Waals surface area contributed by atoms with Gasteiger partial charge in [0.1, 0.15) is 0 Å². The highest BCUT2D eigenvalue weighted by Crippen LogP contribution is 2.01. The third kappa shape index (κ3) is 3.07. The molecule has 0 N–H and O–H groups in total. The Morgan fingerprint density at radius 2 is 2.13 bits per heavy atom. The zero-order valence-corrected chi connectivity index (χ0v) is 9.64. The van der Waals surface area contributed by atoms with Crippen molar-refractivity contribution >= 4 is 29.5 Å². The van der Waals surface area contributed by atoms with E-state index in [2.05, 4.69) is 6.58 Å². The number of allylic oxidation sites excluding steroid dienone is 2. The second-order valence-corrected chi connectivity index (χ2v) is 3.71. The summed E-state index contributed by atoms with van der Waals surface area (Å²) in [5.41, 5.74) is 1.64. The van der Waals surface area contributed by atoms with Crippen LogP contribution in [-0.2, 0) is 4.79 Å². The maximum atomic E-state index is 11.0. The SMILES string of the molecule is C=c1cc(C)cc/c1=C/C(=C\C)C(=O)Cl. The topological polar surface area (TPSA) is 17.1 Å². The number of benzene rings is 1. The number of halogens is 1. The van der Waals surface area contributed by atoms with Crippen LogP contribution in [0.25, 0.3) is 12.7 Å². The van der Waals surface area contributed by atoms with Crippen LogP contribution >= 0.6 is 11.6 Å². The molecule has 0 aliphatic rings. The molecule has 0 radical (unpaired) electrons. The van der Waals surface area contributed by atoms with Crippen molar-refractivity contribution in [2.75, 3.05) is 0 Å². The highest BCUT2D eigenvalue weighted by Gasteiger charge is 1.99. The Hall–Kier alpha value is -1.34. The maximum absolute atomic E-state index is 11.0. The van der Waals surface area contributed by atoms with Gasteiger partial charge >= 0.3 is 0 Å². The van der Waals surface area contributed by atoms with Crippen molar-refractivity contribution in [3.05, 3.63) is 45.8 Å². The number of carbonyl (C=O) groups excluding carboxylic acids is 1. The van der Waals surface area contributed by atoms with E-state index in [1.807, 2.05) is 25.1 Å². The Morgan fingerprint density at radius 3 is 2.60 bits per heavy atom. The molecule has 78 valence electrons. The molecule has 15 heavy (non-hydrogen) atoms. The Morgan fingerprint density at radius 1 is 1.47 bits per heavy atom. The van der Waals surface area contributed by atoms with Crippen molar-refractivity contribution in [3.63, 3.8) is 0 Å². The first kappa shape index (κ1) is 11.7. The van der Waals surface area contributed by atoms with Crippen LogP contribution in [0.15, 0.2) is 29.8 Å². The second kappa shape index (κ2) is 4.94. The summed E-state index contributed by atoms with van der Waals surface area (Å²) in [6.07, 6.45) is 3.44. The molecule has 1 aromatic carbocycles. The monoisotopic (exact) mass is 220 g/mol. The zero-order valence-electron chi connectivity index (χ0n) is 8.88. The number of aryl methyl sites for hydroxylation is 1. The average Bonchev–Trinajstić information content (AvgIpc) is 2.16. The highest BCUT2D eigenvalue weighted by atomic mass is 35.5. The van der Waals surface area contributed by atoms with Crippen LogP contribution in [0.2, 0.25) is 0 Å². The van der Waals surface area contributed by atoms with Gasteiger partial charge in [0.15, 0.2) is 0 Å².